The Morgan fingerprint density at radius 1 is 1.12 bits per heavy atom. The topological polar surface area (TPSA) is 50.3 Å². The molecule has 3 aromatic rings. The number of hydrazine groups is 1. The molecule has 1 aromatic heterocycles. The maximum atomic E-state index is 13.0. The number of alkyl halides is 3. The highest BCUT2D eigenvalue weighted by atomic mass is 35.5. The van der Waals surface area contributed by atoms with Crippen LogP contribution in [0.15, 0.2) is 30.3 Å². The van der Waals surface area contributed by atoms with Crippen molar-refractivity contribution in [3.63, 3.8) is 0 Å². The summed E-state index contributed by atoms with van der Waals surface area (Å²) in [6, 6.07) is 7.96. The van der Waals surface area contributed by atoms with E-state index in [2.05, 4.69) is 0 Å². The van der Waals surface area contributed by atoms with Crippen LogP contribution in [0.2, 0.25) is 15.1 Å². The second-order valence-electron chi connectivity index (χ2n) is 7.71. The highest BCUT2D eigenvalue weighted by Gasteiger charge is 2.34. The standard InChI is InChI=1S/C21H21Cl3F3N5/c1-2-16(32(28)11-21(25,26)27)13-5-6-14(23)18-19(13)31-9-3-8-30(20(31)29-18)17-7-4-12(22)10-15(17)24/h4-7,10,16H,2-3,8-9,11,28H2,1H3. The Bertz CT molecular complexity index is 1150. The molecule has 2 heterocycles. The summed E-state index contributed by atoms with van der Waals surface area (Å²) in [5, 5.41) is 2.25. The van der Waals surface area contributed by atoms with E-state index in [0.29, 0.717) is 57.1 Å². The van der Waals surface area contributed by atoms with Crippen LogP contribution in [0, 0.1) is 0 Å². The summed E-state index contributed by atoms with van der Waals surface area (Å²) in [6.07, 6.45) is -3.24. The number of aryl methyl sites for hydroxylation is 1. The largest absolute Gasteiger partial charge is 0.402 e. The monoisotopic (exact) mass is 505 g/mol. The van der Waals surface area contributed by atoms with Crippen molar-refractivity contribution in [1.82, 2.24) is 14.6 Å². The van der Waals surface area contributed by atoms with E-state index in [-0.39, 0.29) is 0 Å². The molecule has 1 unspecified atom stereocenters. The zero-order valence-electron chi connectivity index (χ0n) is 17.1. The van der Waals surface area contributed by atoms with Crippen LogP contribution in [0.25, 0.3) is 11.0 Å². The number of hydrogen-bond donors (Lipinski definition) is 1. The van der Waals surface area contributed by atoms with Gasteiger partial charge < -0.3 is 9.47 Å². The van der Waals surface area contributed by atoms with Gasteiger partial charge in [-0.3, -0.25) is 5.84 Å². The van der Waals surface area contributed by atoms with Gasteiger partial charge in [0, 0.05) is 18.1 Å². The van der Waals surface area contributed by atoms with Crippen molar-refractivity contribution >= 4 is 57.5 Å². The molecule has 0 aliphatic carbocycles. The SMILES string of the molecule is CCC(c1ccc(Cl)c2nc3n(c12)CCCN3c1ccc(Cl)cc1Cl)N(N)CC(F)(F)F. The Kier molecular flexibility index (Phi) is 6.53. The first-order valence-corrected chi connectivity index (χ1v) is 11.2. The molecular formula is C21H21Cl3F3N5. The molecule has 0 radical (unpaired) electrons. The normalized spacial score (nSPS) is 15.5. The second-order valence-corrected chi connectivity index (χ2v) is 8.96. The summed E-state index contributed by atoms with van der Waals surface area (Å²) in [6.45, 7) is 1.89. The molecule has 2 aromatic carbocycles. The van der Waals surface area contributed by atoms with Gasteiger partial charge in [0.25, 0.3) is 0 Å². The molecule has 0 saturated heterocycles. The van der Waals surface area contributed by atoms with E-state index in [1.807, 2.05) is 15.5 Å². The van der Waals surface area contributed by atoms with Crippen LogP contribution < -0.4 is 10.7 Å². The highest BCUT2D eigenvalue weighted by Crippen LogP contribution is 2.41. The van der Waals surface area contributed by atoms with Crippen molar-refractivity contribution in [3.05, 3.63) is 51.0 Å². The van der Waals surface area contributed by atoms with Crippen LogP contribution in [-0.4, -0.2) is 33.8 Å². The van der Waals surface area contributed by atoms with Gasteiger partial charge >= 0.3 is 6.18 Å². The molecule has 11 heteroatoms. The number of fused-ring (bicyclic) bond motifs is 3. The van der Waals surface area contributed by atoms with E-state index >= 15 is 0 Å². The van der Waals surface area contributed by atoms with Crippen LogP contribution in [0.3, 0.4) is 0 Å². The molecule has 4 rings (SSSR count). The number of imidazole rings is 1. The minimum atomic E-state index is -4.41. The summed E-state index contributed by atoms with van der Waals surface area (Å²) in [5.41, 5.74) is 2.61. The summed E-state index contributed by atoms with van der Waals surface area (Å²) >= 11 is 19.0. The molecular weight excluding hydrogens is 486 g/mol. The lowest BCUT2D eigenvalue weighted by Crippen LogP contribution is -2.42. The lowest BCUT2D eigenvalue weighted by Gasteiger charge is -2.31. The first-order valence-electron chi connectivity index (χ1n) is 10.1. The first-order chi connectivity index (χ1) is 15.1. The molecule has 1 aliphatic heterocycles. The van der Waals surface area contributed by atoms with E-state index in [0.717, 1.165) is 17.1 Å². The summed E-state index contributed by atoms with van der Waals surface area (Å²) in [7, 11) is 0. The highest BCUT2D eigenvalue weighted by molar-refractivity contribution is 6.36. The average molecular weight is 507 g/mol. The molecule has 1 aliphatic rings. The number of benzene rings is 2. The van der Waals surface area contributed by atoms with Gasteiger partial charge in [-0.15, -0.1) is 0 Å². The zero-order valence-corrected chi connectivity index (χ0v) is 19.4. The molecule has 32 heavy (non-hydrogen) atoms. The van der Waals surface area contributed by atoms with Crippen molar-refractivity contribution in [2.45, 2.75) is 38.5 Å². The van der Waals surface area contributed by atoms with E-state index in [1.54, 1.807) is 31.2 Å². The van der Waals surface area contributed by atoms with Gasteiger partial charge in [-0.25, -0.2) is 9.99 Å². The Hall–Kier alpha value is -1.71. The van der Waals surface area contributed by atoms with E-state index in [4.69, 9.17) is 45.6 Å². The fourth-order valence-corrected chi connectivity index (χ4v) is 4.98. The summed E-state index contributed by atoms with van der Waals surface area (Å²) in [4.78, 5) is 6.74. The van der Waals surface area contributed by atoms with Gasteiger partial charge in [-0.05, 0) is 42.7 Å². The lowest BCUT2D eigenvalue weighted by molar-refractivity contribution is -0.151. The fraction of sp³-hybridized carbons (Fsp3) is 0.381. The zero-order chi connectivity index (χ0) is 23.2. The molecule has 0 saturated carbocycles. The maximum Gasteiger partial charge on any atom is 0.402 e. The molecule has 0 bridgehead atoms. The van der Waals surface area contributed by atoms with Crippen molar-refractivity contribution in [2.75, 3.05) is 18.0 Å². The van der Waals surface area contributed by atoms with Crippen LogP contribution in [0.4, 0.5) is 24.8 Å². The molecule has 0 amide bonds. The summed E-state index contributed by atoms with van der Waals surface area (Å²) < 4.78 is 41.1. The summed E-state index contributed by atoms with van der Waals surface area (Å²) in [5.74, 6) is 6.51. The molecule has 0 spiro atoms. The van der Waals surface area contributed by atoms with Gasteiger partial charge in [0.15, 0.2) is 0 Å². The number of hydrogen-bond acceptors (Lipinski definition) is 4. The smallest absolute Gasteiger partial charge is 0.310 e. The van der Waals surface area contributed by atoms with E-state index < -0.39 is 18.8 Å². The van der Waals surface area contributed by atoms with Gasteiger partial charge in [0.1, 0.15) is 12.1 Å². The van der Waals surface area contributed by atoms with Crippen LogP contribution >= 0.6 is 34.8 Å². The Morgan fingerprint density at radius 2 is 1.88 bits per heavy atom. The molecule has 1 atom stereocenters. The van der Waals surface area contributed by atoms with Gasteiger partial charge in [0.05, 0.1) is 27.3 Å². The Labute approximate surface area is 198 Å². The third kappa shape index (κ3) is 4.39. The van der Waals surface area contributed by atoms with E-state index in [1.165, 1.54) is 0 Å². The maximum absolute atomic E-state index is 13.0. The van der Waals surface area contributed by atoms with Crippen molar-refractivity contribution in [2.24, 2.45) is 5.84 Å². The minimum Gasteiger partial charge on any atom is -0.310 e. The molecule has 5 nitrogen and oxygen atoms in total. The predicted molar refractivity (Wildman–Crippen MR) is 123 cm³/mol. The number of anilines is 2. The van der Waals surface area contributed by atoms with Gasteiger partial charge in [-0.1, -0.05) is 47.8 Å². The Balaban J connectivity index is 1.87. The molecule has 2 N–H and O–H groups in total. The number of nitrogens with zero attached hydrogens (tertiary/aromatic N) is 4. The fourth-order valence-electron chi connectivity index (χ4n) is 4.27. The van der Waals surface area contributed by atoms with Gasteiger partial charge in [0.2, 0.25) is 5.95 Å². The second kappa shape index (κ2) is 8.91. The third-order valence-corrected chi connectivity index (χ3v) is 6.41. The van der Waals surface area contributed by atoms with Crippen molar-refractivity contribution in [3.8, 4) is 0 Å². The third-order valence-electron chi connectivity index (χ3n) is 5.57. The molecule has 0 fully saturated rings. The first kappa shape index (κ1) is 23.4. The van der Waals surface area contributed by atoms with Crippen LogP contribution in [-0.2, 0) is 6.54 Å². The van der Waals surface area contributed by atoms with Gasteiger partial charge in [-0.2, -0.15) is 13.2 Å². The minimum absolute atomic E-state index is 0.385. The van der Waals surface area contributed by atoms with Crippen molar-refractivity contribution < 1.29 is 13.2 Å². The van der Waals surface area contributed by atoms with Crippen molar-refractivity contribution in [1.29, 1.82) is 0 Å². The lowest BCUT2D eigenvalue weighted by atomic mass is 10.0. The quantitative estimate of drug-likeness (QED) is 0.308. The van der Waals surface area contributed by atoms with E-state index in [9.17, 15) is 13.2 Å². The average Bonchev–Trinajstić information content (AvgIpc) is 3.10. The number of rotatable bonds is 5. The number of halogens is 6. The predicted octanol–water partition coefficient (Wildman–Crippen LogP) is 6.73. The molecule has 172 valence electrons. The van der Waals surface area contributed by atoms with Crippen LogP contribution in [0.5, 0.6) is 0 Å². The Morgan fingerprint density at radius 3 is 2.53 bits per heavy atom. The number of nitrogens with two attached hydrogens (primary N) is 1. The van der Waals surface area contributed by atoms with Crippen LogP contribution in [0.1, 0.15) is 31.4 Å². The number of aromatic nitrogens is 2.